The summed E-state index contributed by atoms with van der Waals surface area (Å²) in [6.07, 6.45) is 0. The van der Waals surface area contributed by atoms with Gasteiger partial charge in [-0.25, -0.2) is 0 Å². The number of nitrogens with one attached hydrogen (secondary N) is 1. The molecule has 2 heterocycles. The van der Waals surface area contributed by atoms with Crippen molar-refractivity contribution >= 4 is 44.6 Å². The summed E-state index contributed by atoms with van der Waals surface area (Å²) in [4.78, 5) is 26.1. The lowest BCUT2D eigenvalue weighted by atomic mass is 10.1. The zero-order valence-corrected chi connectivity index (χ0v) is 14.7. The molecule has 1 aromatic carbocycles. The van der Waals surface area contributed by atoms with Crippen LogP contribution in [0, 0.1) is 6.92 Å². The van der Waals surface area contributed by atoms with E-state index in [2.05, 4.69) is 10.4 Å². The van der Waals surface area contributed by atoms with Crippen LogP contribution in [0.15, 0.2) is 29.1 Å². The number of nitrogens with two attached hydrogens (primary N) is 1. The normalized spacial score (nSPS) is 11.0. The molecule has 0 saturated heterocycles. The van der Waals surface area contributed by atoms with Crippen LogP contribution < -0.4 is 16.6 Å². The molecule has 3 rings (SSSR count). The first-order valence-electron chi connectivity index (χ1n) is 7.30. The molecule has 2 aromatic heterocycles. The molecule has 0 aliphatic heterocycles. The number of halogens is 1. The van der Waals surface area contributed by atoms with Gasteiger partial charge in [-0.3, -0.25) is 9.59 Å². The number of nitrogens with zero attached hydrogens (tertiary/aromatic N) is 2. The predicted molar refractivity (Wildman–Crippen MR) is 97.4 cm³/mol. The molecule has 0 radical (unpaired) electrons. The quantitative estimate of drug-likeness (QED) is 0.749. The third-order valence-corrected chi connectivity index (χ3v) is 4.76. The molecule has 24 heavy (non-hydrogen) atoms. The smallest absolute Gasteiger partial charge is 0.282 e. The Hall–Kier alpha value is -2.38. The number of carbonyl (C=O) groups is 1. The lowest BCUT2D eigenvalue weighted by Crippen LogP contribution is -2.29. The molecule has 0 atom stereocenters. The van der Waals surface area contributed by atoms with Crippen LogP contribution in [0.2, 0.25) is 5.02 Å². The molecular formula is C16H15ClN4O2S. The van der Waals surface area contributed by atoms with Crippen LogP contribution in [0.25, 0.3) is 16.5 Å². The summed E-state index contributed by atoms with van der Waals surface area (Å²) in [5, 5.41) is 8.77. The summed E-state index contributed by atoms with van der Waals surface area (Å²) in [6.45, 7) is 4.10. The fourth-order valence-electron chi connectivity index (χ4n) is 2.53. The number of aromatic nitrogens is 2. The summed E-state index contributed by atoms with van der Waals surface area (Å²) in [7, 11) is 0. The highest BCUT2D eigenvalue weighted by Crippen LogP contribution is 2.32. The van der Waals surface area contributed by atoms with Crippen molar-refractivity contribution in [2.45, 2.75) is 13.8 Å². The molecule has 1 amide bonds. The largest absolute Gasteiger partial charge is 0.390 e. The molecular weight excluding hydrogens is 348 g/mol. The van der Waals surface area contributed by atoms with Gasteiger partial charge in [0.15, 0.2) is 5.69 Å². The summed E-state index contributed by atoms with van der Waals surface area (Å²) < 4.78 is 1.19. The van der Waals surface area contributed by atoms with Crippen molar-refractivity contribution in [2.24, 2.45) is 0 Å². The van der Waals surface area contributed by atoms with Crippen molar-refractivity contribution in [3.05, 3.63) is 50.2 Å². The molecule has 0 unspecified atom stereocenters. The van der Waals surface area contributed by atoms with Crippen LogP contribution in [-0.2, 0) is 0 Å². The number of nitrogen functional groups attached to an aromatic ring is 1. The minimum absolute atomic E-state index is 0.187. The van der Waals surface area contributed by atoms with Gasteiger partial charge in [-0.2, -0.15) is 9.78 Å². The van der Waals surface area contributed by atoms with Crippen LogP contribution in [0.4, 0.5) is 5.00 Å². The maximum atomic E-state index is 12.8. The molecule has 0 aliphatic rings. The van der Waals surface area contributed by atoms with E-state index in [4.69, 9.17) is 17.3 Å². The van der Waals surface area contributed by atoms with Crippen LogP contribution >= 0.6 is 22.9 Å². The first kappa shape index (κ1) is 16.5. The Labute approximate surface area is 146 Å². The van der Waals surface area contributed by atoms with Gasteiger partial charge in [-0.1, -0.05) is 11.6 Å². The van der Waals surface area contributed by atoms with Crippen molar-refractivity contribution < 1.29 is 4.79 Å². The van der Waals surface area contributed by atoms with Gasteiger partial charge in [0.1, 0.15) is 0 Å². The Bertz CT molecular complexity index is 992. The first-order chi connectivity index (χ1) is 11.4. The Morgan fingerprint density at radius 3 is 2.62 bits per heavy atom. The minimum Gasteiger partial charge on any atom is -0.390 e. The number of thiophene rings is 1. The highest BCUT2D eigenvalue weighted by molar-refractivity contribution is 7.17. The van der Waals surface area contributed by atoms with E-state index in [1.807, 2.05) is 13.8 Å². The minimum atomic E-state index is -0.359. The molecule has 3 aromatic rings. The number of anilines is 1. The van der Waals surface area contributed by atoms with E-state index < -0.39 is 0 Å². The maximum Gasteiger partial charge on any atom is 0.282 e. The van der Waals surface area contributed by atoms with Crippen molar-refractivity contribution in [1.29, 1.82) is 0 Å². The topological polar surface area (TPSA) is 90.0 Å². The van der Waals surface area contributed by atoms with E-state index in [9.17, 15) is 9.59 Å². The maximum absolute atomic E-state index is 12.8. The van der Waals surface area contributed by atoms with Crippen LogP contribution in [-0.4, -0.2) is 22.2 Å². The van der Waals surface area contributed by atoms with E-state index in [0.717, 1.165) is 4.88 Å². The molecule has 0 fully saturated rings. The van der Waals surface area contributed by atoms with Crippen molar-refractivity contribution in [3.8, 4) is 5.69 Å². The van der Waals surface area contributed by atoms with Crippen molar-refractivity contribution in [1.82, 2.24) is 15.1 Å². The van der Waals surface area contributed by atoms with E-state index in [-0.39, 0.29) is 17.2 Å². The number of hydrogen-bond acceptors (Lipinski definition) is 5. The molecule has 8 heteroatoms. The van der Waals surface area contributed by atoms with Crippen molar-refractivity contribution in [2.75, 3.05) is 12.3 Å². The van der Waals surface area contributed by atoms with Gasteiger partial charge in [-0.15, -0.1) is 11.3 Å². The number of amides is 1. The Morgan fingerprint density at radius 2 is 2.00 bits per heavy atom. The van der Waals surface area contributed by atoms with Gasteiger partial charge in [0.25, 0.3) is 11.5 Å². The third-order valence-electron chi connectivity index (χ3n) is 3.58. The highest BCUT2D eigenvalue weighted by atomic mass is 35.5. The second-order valence-corrected chi connectivity index (χ2v) is 6.87. The lowest BCUT2D eigenvalue weighted by Gasteiger charge is -2.10. The number of carbonyl (C=O) groups excluding carboxylic acids is 1. The molecule has 124 valence electrons. The van der Waals surface area contributed by atoms with E-state index in [0.29, 0.717) is 33.0 Å². The number of rotatable bonds is 3. The number of benzene rings is 1. The molecule has 0 bridgehead atoms. The fraction of sp³-hybridized carbons (Fsp3) is 0.188. The fourth-order valence-corrected chi connectivity index (χ4v) is 3.57. The Kier molecular flexibility index (Phi) is 4.29. The Balaban J connectivity index is 2.37. The zero-order valence-electron chi connectivity index (χ0n) is 13.1. The van der Waals surface area contributed by atoms with E-state index in [1.54, 1.807) is 24.3 Å². The van der Waals surface area contributed by atoms with E-state index >= 15 is 0 Å². The third kappa shape index (κ3) is 2.65. The van der Waals surface area contributed by atoms with Crippen LogP contribution in [0.5, 0.6) is 0 Å². The van der Waals surface area contributed by atoms with Crippen LogP contribution in [0.1, 0.15) is 22.3 Å². The van der Waals surface area contributed by atoms with Crippen molar-refractivity contribution in [3.63, 3.8) is 0 Å². The average Bonchev–Trinajstić information content (AvgIpc) is 2.84. The second kappa shape index (κ2) is 6.26. The van der Waals surface area contributed by atoms with Gasteiger partial charge in [-0.05, 0) is 38.1 Å². The van der Waals surface area contributed by atoms with Gasteiger partial charge in [0, 0.05) is 21.8 Å². The summed E-state index contributed by atoms with van der Waals surface area (Å²) in [5.41, 5.74) is 6.36. The highest BCUT2D eigenvalue weighted by Gasteiger charge is 2.22. The van der Waals surface area contributed by atoms with Gasteiger partial charge in [0.05, 0.1) is 16.1 Å². The predicted octanol–water partition coefficient (Wildman–Crippen LogP) is 2.74. The number of aryl methyl sites for hydroxylation is 1. The Morgan fingerprint density at radius 1 is 1.33 bits per heavy atom. The molecule has 6 nitrogen and oxygen atoms in total. The molecule has 0 saturated carbocycles. The number of fused-ring (bicyclic) bond motifs is 1. The monoisotopic (exact) mass is 362 g/mol. The van der Waals surface area contributed by atoms with Crippen LogP contribution in [0.3, 0.4) is 0 Å². The zero-order chi connectivity index (χ0) is 17.4. The second-order valence-electron chi connectivity index (χ2n) is 5.17. The molecule has 0 spiro atoms. The van der Waals surface area contributed by atoms with Gasteiger partial charge < -0.3 is 11.1 Å². The SMILES string of the molecule is CCNC(=O)c1nn(-c2ccc(Cl)cc2)c(=O)c2c(N)sc(C)c12. The molecule has 0 aliphatic carbocycles. The van der Waals surface area contributed by atoms with Gasteiger partial charge >= 0.3 is 0 Å². The van der Waals surface area contributed by atoms with Gasteiger partial charge in [0.2, 0.25) is 0 Å². The standard InChI is InChI=1S/C16H15ClN4O2S/c1-3-19-15(22)13-11-8(2)24-14(18)12(11)16(23)21(20-13)10-6-4-9(17)5-7-10/h4-7H,3,18H2,1-2H3,(H,19,22). The lowest BCUT2D eigenvalue weighted by molar-refractivity contribution is 0.0951. The summed E-state index contributed by atoms with van der Waals surface area (Å²) in [5.74, 6) is -0.342. The van der Waals surface area contributed by atoms with E-state index in [1.165, 1.54) is 16.0 Å². The first-order valence-corrected chi connectivity index (χ1v) is 8.49. The number of hydrogen-bond donors (Lipinski definition) is 2. The summed E-state index contributed by atoms with van der Waals surface area (Å²) >= 11 is 7.17. The average molecular weight is 363 g/mol. The summed E-state index contributed by atoms with van der Waals surface area (Å²) in [6, 6.07) is 6.64. The molecule has 3 N–H and O–H groups in total.